The molecule has 0 radical (unpaired) electrons. The molecule has 1 atom stereocenters. The molecule has 0 spiro atoms. The van der Waals surface area contributed by atoms with Crippen LogP contribution in [0.5, 0.6) is 0 Å². The average molecular weight is 387 g/mol. The van der Waals surface area contributed by atoms with Crippen LogP contribution in [0.1, 0.15) is 120 Å². The van der Waals surface area contributed by atoms with E-state index in [2.05, 4.69) is 62.3 Å². The topological polar surface area (TPSA) is 36.9 Å². The van der Waals surface area contributed by atoms with Crippen molar-refractivity contribution < 1.29 is 19.6 Å². The molecule has 0 saturated heterocycles. The lowest BCUT2D eigenvalue weighted by molar-refractivity contribution is -0.570. The van der Waals surface area contributed by atoms with Gasteiger partial charge in [-0.25, -0.2) is 9.78 Å². The minimum Gasteiger partial charge on any atom is -0.228 e. The molecule has 1 rings (SSSR count). The van der Waals surface area contributed by atoms with E-state index in [1.165, 1.54) is 6.42 Å². The summed E-state index contributed by atoms with van der Waals surface area (Å²) in [6.07, 6.45) is 9.42. The van der Waals surface area contributed by atoms with E-state index < -0.39 is 5.79 Å². The lowest BCUT2D eigenvalue weighted by atomic mass is 9.65. The molecule has 162 valence electrons. The van der Waals surface area contributed by atoms with Crippen molar-refractivity contribution in [2.24, 2.45) is 11.3 Å². The number of hydrogen-bond donors (Lipinski definition) is 0. The summed E-state index contributed by atoms with van der Waals surface area (Å²) in [4.78, 5) is 24.3. The van der Waals surface area contributed by atoms with Crippen molar-refractivity contribution >= 4 is 0 Å². The number of rotatable bonds is 12. The van der Waals surface area contributed by atoms with Crippen LogP contribution < -0.4 is 0 Å². The van der Waals surface area contributed by atoms with Gasteiger partial charge in [0.1, 0.15) is 0 Å². The van der Waals surface area contributed by atoms with Gasteiger partial charge in [-0.3, -0.25) is 0 Å². The van der Waals surface area contributed by atoms with Gasteiger partial charge in [0.2, 0.25) is 5.79 Å². The van der Waals surface area contributed by atoms with Gasteiger partial charge in [0, 0.05) is 11.8 Å². The van der Waals surface area contributed by atoms with E-state index in [0.29, 0.717) is 5.92 Å². The average Bonchev–Trinajstić information content (AvgIpc) is 2.59. The smallest absolute Gasteiger partial charge is 0.228 e. The first-order valence-electron chi connectivity index (χ1n) is 11.1. The number of hydrogen-bond acceptors (Lipinski definition) is 4. The van der Waals surface area contributed by atoms with Crippen LogP contribution in [0.15, 0.2) is 0 Å². The maximum Gasteiger partial charge on any atom is 0.239 e. The summed E-state index contributed by atoms with van der Waals surface area (Å²) in [7, 11) is 0. The Balaban J connectivity index is 2.93. The van der Waals surface area contributed by atoms with Gasteiger partial charge in [0.05, 0.1) is 11.2 Å². The highest BCUT2D eigenvalue weighted by Gasteiger charge is 2.56. The summed E-state index contributed by atoms with van der Waals surface area (Å²) in [6, 6.07) is 0. The molecule has 0 aromatic rings. The van der Waals surface area contributed by atoms with Crippen LogP contribution in [0.2, 0.25) is 0 Å². The fraction of sp³-hybridized carbons (Fsp3) is 1.00. The predicted molar refractivity (Wildman–Crippen MR) is 111 cm³/mol. The predicted octanol–water partition coefficient (Wildman–Crippen LogP) is 7.36. The van der Waals surface area contributed by atoms with E-state index in [4.69, 9.17) is 19.6 Å². The van der Waals surface area contributed by atoms with Crippen LogP contribution in [0, 0.1) is 11.3 Å². The van der Waals surface area contributed by atoms with Crippen molar-refractivity contribution in [2.75, 3.05) is 0 Å². The second-order valence-corrected chi connectivity index (χ2v) is 10.3. The summed E-state index contributed by atoms with van der Waals surface area (Å²) in [5.74, 6) is -0.437. The summed E-state index contributed by atoms with van der Waals surface area (Å²) >= 11 is 0. The fourth-order valence-corrected chi connectivity index (χ4v) is 3.66. The van der Waals surface area contributed by atoms with Gasteiger partial charge in [0.15, 0.2) is 0 Å². The molecule has 1 saturated carbocycles. The van der Waals surface area contributed by atoms with Crippen molar-refractivity contribution in [3.63, 3.8) is 0 Å². The Bertz CT molecular complexity index is 404. The Labute approximate surface area is 168 Å². The second kappa shape index (κ2) is 10.0. The molecular weight excluding hydrogens is 340 g/mol. The zero-order chi connectivity index (χ0) is 20.8. The Morgan fingerprint density at radius 1 is 0.852 bits per heavy atom. The SMILES string of the molecule is CCCCC(C)(C)OOC1(OOC(C)(C)CCCC)CCCC(C)C1(C)C. The molecule has 0 aromatic heterocycles. The van der Waals surface area contributed by atoms with Crippen LogP contribution in [-0.4, -0.2) is 17.0 Å². The van der Waals surface area contributed by atoms with Gasteiger partial charge < -0.3 is 0 Å². The molecule has 27 heavy (non-hydrogen) atoms. The van der Waals surface area contributed by atoms with Gasteiger partial charge in [0.25, 0.3) is 0 Å². The molecule has 0 amide bonds. The lowest BCUT2D eigenvalue weighted by Gasteiger charge is -2.51. The molecular formula is C23H46O4. The molecule has 0 N–H and O–H groups in total. The van der Waals surface area contributed by atoms with Gasteiger partial charge >= 0.3 is 0 Å². The zero-order valence-corrected chi connectivity index (χ0v) is 19.6. The van der Waals surface area contributed by atoms with Crippen molar-refractivity contribution in [2.45, 2.75) is 137 Å². The van der Waals surface area contributed by atoms with E-state index in [0.717, 1.165) is 51.4 Å². The van der Waals surface area contributed by atoms with Crippen molar-refractivity contribution in [1.29, 1.82) is 0 Å². The van der Waals surface area contributed by atoms with Crippen molar-refractivity contribution in [3.8, 4) is 0 Å². The second-order valence-electron chi connectivity index (χ2n) is 10.3. The molecule has 1 aliphatic carbocycles. The maximum absolute atomic E-state index is 6.17. The fourth-order valence-electron chi connectivity index (χ4n) is 3.66. The zero-order valence-electron chi connectivity index (χ0n) is 19.6. The normalized spacial score (nSPS) is 22.8. The van der Waals surface area contributed by atoms with Crippen LogP contribution in [0.25, 0.3) is 0 Å². The first-order chi connectivity index (χ1) is 12.4. The van der Waals surface area contributed by atoms with E-state index in [9.17, 15) is 0 Å². The van der Waals surface area contributed by atoms with Crippen LogP contribution in [0.3, 0.4) is 0 Å². The van der Waals surface area contributed by atoms with Crippen molar-refractivity contribution in [1.82, 2.24) is 0 Å². The molecule has 4 heteroatoms. The van der Waals surface area contributed by atoms with Crippen LogP contribution in [0.4, 0.5) is 0 Å². The summed E-state index contributed by atoms with van der Waals surface area (Å²) in [5.41, 5.74) is -0.908. The van der Waals surface area contributed by atoms with Gasteiger partial charge in [-0.15, -0.1) is 0 Å². The molecule has 0 bridgehead atoms. The summed E-state index contributed by atoms with van der Waals surface area (Å²) in [6.45, 7) is 19.4. The van der Waals surface area contributed by atoms with E-state index in [1.807, 2.05) is 0 Å². The Hall–Kier alpha value is -0.160. The lowest BCUT2D eigenvalue weighted by Crippen LogP contribution is -2.56. The molecule has 0 heterocycles. The molecule has 1 unspecified atom stereocenters. The summed E-state index contributed by atoms with van der Waals surface area (Å²) in [5, 5.41) is 0. The third kappa shape index (κ3) is 6.99. The van der Waals surface area contributed by atoms with Crippen LogP contribution >= 0.6 is 0 Å². The van der Waals surface area contributed by atoms with Gasteiger partial charge in [-0.1, -0.05) is 60.3 Å². The maximum atomic E-state index is 6.17. The highest BCUT2D eigenvalue weighted by atomic mass is 17.3. The van der Waals surface area contributed by atoms with E-state index in [-0.39, 0.29) is 16.6 Å². The standard InChI is InChI=1S/C23H46O4/c1-10-12-16-20(4,5)24-26-23(18-14-15-19(3)22(23,8)9)27-25-21(6,7)17-13-11-2/h19H,10-18H2,1-9H3. The monoisotopic (exact) mass is 386 g/mol. The minimum absolute atomic E-state index is 0.215. The third-order valence-corrected chi connectivity index (χ3v) is 6.43. The Morgan fingerprint density at radius 3 is 1.70 bits per heavy atom. The molecule has 4 nitrogen and oxygen atoms in total. The third-order valence-electron chi connectivity index (χ3n) is 6.43. The summed E-state index contributed by atoms with van der Waals surface area (Å²) < 4.78 is 0. The van der Waals surface area contributed by atoms with Crippen molar-refractivity contribution in [3.05, 3.63) is 0 Å². The molecule has 1 aliphatic rings. The highest BCUT2D eigenvalue weighted by Crippen LogP contribution is 2.51. The van der Waals surface area contributed by atoms with Gasteiger partial charge in [-0.05, 0) is 59.3 Å². The molecule has 0 aliphatic heterocycles. The Kier molecular flexibility index (Phi) is 9.26. The minimum atomic E-state index is -0.891. The first-order valence-corrected chi connectivity index (χ1v) is 11.1. The quantitative estimate of drug-likeness (QED) is 0.199. The van der Waals surface area contributed by atoms with E-state index >= 15 is 0 Å². The number of unbranched alkanes of at least 4 members (excludes halogenated alkanes) is 2. The van der Waals surface area contributed by atoms with Gasteiger partial charge in [-0.2, -0.15) is 9.78 Å². The highest BCUT2D eigenvalue weighted by molar-refractivity contribution is 4.94. The Morgan fingerprint density at radius 2 is 1.30 bits per heavy atom. The first kappa shape index (κ1) is 24.9. The molecule has 0 aromatic carbocycles. The van der Waals surface area contributed by atoms with Crippen LogP contribution in [-0.2, 0) is 19.6 Å². The van der Waals surface area contributed by atoms with E-state index in [1.54, 1.807) is 0 Å². The molecule has 1 fully saturated rings. The largest absolute Gasteiger partial charge is 0.239 e.